The van der Waals surface area contributed by atoms with E-state index < -0.39 is 0 Å². The lowest BCUT2D eigenvalue weighted by Gasteiger charge is -2.35. The Morgan fingerprint density at radius 3 is 2.40 bits per heavy atom. The van der Waals surface area contributed by atoms with Crippen LogP contribution in [0.5, 0.6) is 0 Å². The summed E-state index contributed by atoms with van der Waals surface area (Å²) in [5.74, 6) is 1.99. The summed E-state index contributed by atoms with van der Waals surface area (Å²) in [5, 5.41) is 4.26. The largest absolute Gasteiger partial charge is 0.354 e. The summed E-state index contributed by atoms with van der Waals surface area (Å²) >= 11 is 0. The van der Waals surface area contributed by atoms with E-state index >= 15 is 0 Å². The third-order valence-electron chi connectivity index (χ3n) is 5.22. The van der Waals surface area contributed by atoms with E-state index in [1.165, 1.54) is 18.5 Å². The summed E-state index contributed by atoms with van der Waals surface area (Å²) < 4.78 is 1.96. The summed E-state index contributed by atoms with van der Waals surface area (Å²) in [6, 6.07) is 4.22. The Morgan fingerprint density at radius 1 is 0.960 bits per heavy atom. The van der Waals surface area contributed by atoms with Crippen molar-refractivity contribution in [2.24, 2.45) is 7.05 Å². The van der Waals surface area contributed by atoms with Crippen LogP contribution in [0.1, 0.15) is 24.2 Å². The molecule has 2 fully saturated rings. The Hall–Kier alpha value is -2.15. The molecule has 0 aromatic carbocycles. The van der Waals surface area contributed by atoms with Gasteiger partial charge < -0.3 is 9.80 Å². The Labute approximate surface area is 149 Å². The molecular formula is C18H27N7. The first-order valence-electron chi connectivity index (χ1n) is 9.24. The highest BCUT2D eigenvalue weighted by Gasteiger charge is 2.21. The minimum absolute atomic E-state index is 0.907. The molecule has 0 aliphatic carbocycles. The Morgan fingerprint density at radius 2 is 1.72 bits per heavy atom. The van der Waals surface area contributed by atoms with Crippen LogP contribution in [0.3, 0.4) is 0 Å². The third-order valence-corrected chi connectivity index (χ3v) is 5.22. The van der Waals surface area contributed by atoms with Gasteiger partial charge in [-0.15, -0.1) is 0 Å². The Kier molecular flexibility index (Phi) is 4.57. The molecule has 0 N–H and O–H groups in total. The fourth-order valence-electron chi connectivity index (χ4n) is 3.68. The van der Waals surface area contributed by atoms with Gasteiger partial charge in [0.1, 0.15) is 5.82 Å². The second-order valence-electron chi connectivity index (χ2n) is 7.07. The predicted octanol–water partition coefficient (Wildman–Crippen LogP) is 1.44. The maximum absolute atomic E-state index is 4.86. The van der Waals surface area contributed by atoms with Gasteiger partial charge in [-0.2, -0.15) is 10.1 Å². The van der Waals surface area contributed by atoms with Crippen LogP contribution < -0.4 is 9.80 Å². The number of rotatable bonds is 4. The first-order chi connectivity index (χ1) is 12.2. The number of hydrogen-bond acceptors (Lipinski definition) is 6. The zero-order valence-corrected chi connectivity index (χ0v) is 15.2. The molecule has 2 aliphatic rings. The van der Waals surface area contributed by atoms with Crippen LogP contribution >= 0.6 is 0 Å². The standard InChI is InChI=1S/C18H27N7/c1-15-13-17(21-18(20-15)25-7-3-4-8-25)24-11-9-23(10-12-24)14-16-5-6-19-22(16)2/h5-6,13H,3-4,7-12,14H2,1-2H3. The van der Waals surface area contributed by atoms with Crippen molar-refractivity contribution in [2.45, 2.75) is 26.3 Å². The van der Waals surface area contributed by atoms with Gasteiger partial charge in [0, 0.05) is 70.8 Å². The molecule has 0 unspecified atom stereocenters. The van der Waals surface area contributed by atoms with Crippen LogP contribution in [0.25, 0.3) is 0 Å². The molecule has 4 rings (SSSR count). The van der Waals surface area contributed by atoms with Gasteiger partial charge in [0.15, 0.2) is 0 Å². The van der Waals surface area contributed by atoms with Gasteiger partial charge in [0.2, 0.25) is 5.95 Å². The molecule has 0 bridgehead atoms. The molecule has 0 radical (unpaired) electrons. The molecule has 134 valence electrons. The van der Waals surface area contributed by atoms with Crippen LogP contribution in [-0.2, 0) is 13.6 Å². The van der Waals surface area contributed by atoms with Gasteiger partial charge in [-0.05, 0) is 25.8 Å². The SMILES string of the molecule is Cc1cc(N2CCN(Cc3ccnn3C)CC2)nc(N2CCCC2)n1. The fraction of sp³-hybridized carbons (Fsp3) is 0.611. The smallest absolute Gasteiger partial charge is 0.227 e. The molecule has 0 atom stereocenters. The molecule has 4 heterocycles. The molecule has 2 aromatic heterocycles. The van der Waals surface area contributed by atoms with E-state index in [4.69, 9.17) is 4.98 Å². The fourth-order valence-corrected chi connectivity index (χ4v) is 3.68. The van der Waals surface area contributed by atoms with Crippen molar-refractivity contribution in [1.29, 1.82) is 0 Å². The van der Waals surface area contributed by atoms with Gasteiger partial charge >= 0.3 is 0 Å². The topological polar surface area (TPSA) is 53.3 Å². The zero-order chi connectivity index (χ0) is 17.2. The highest BCUT2D eigenvalue weighted by Crippen LogP contribution is 2.22. The number of aromatic nitrogens is 4. The third kappa shape index (κ3) is 3.61. The lowest BCUT2D eigenvalue weighted by molar-refractivity contribution is 0.243. The van der Waals surface area contributed by atoms with Crippen molar-refractivity contribution >= 4 is 11.8 Å². The minimum atomic E-state index is 0.907. The molecule has 0 saturated carbocycles. The monoisotopic (exact) mass is 341 g/mol. The number of hydrogen-bond donors (Lipinski definition) is 0. The molecule has 2 aromatic rings. The highest BCUT2D eigenvalue weighted by molar-refractivity contribution is 5.46. The average molecular weight is 341 g/mol. The first kappa shape index (κ1) is 16.3. The number of piperazine rings is 1. The summed E-state index contributed by atoms with van der Waals surface area (Å²) in [4.78, 5) is 16.7. The summed E-state index contributed by atoms with van der Waals surface area (Å²) in [7, 11) is 2.01. The van der Waals surface area contributed by atoms with Crippen LogP contribution in [0, 0.1) is 6.92 Å². The van der Waals surface area contributed by atoms with E-state index in [0.717, 1.165) is 63.3 Å². The minimum Gasteiger partial charge on any atom is -0.354 e. The first-order valence-corrected chi connectivity index (χ1v) is 9.24. The number of nitrogens with zero attached hydrogens (tertiary/aromatic N) is 7. The van der Waals surface area contributed by atoms with Crippen molar-refractivity contribution in [3.8, 4) is 0 Å². The van der Waals surface area contributed by atoms with Crippen molar-refractivity contribution in [1.82, 2.24) is 24.6 Å². The summed E-state index contributed by atoms with van der Waals surface area (Å²) in [6.07, 6.45) is 4.37. The van der Waals surface area contributed by atoms with Crippen molar-refractivity contribution in [2.75, 3.05) is 49.1 Å². The molecule has 0 spiro atoms. The van der Waals surface area contributed by atoms with Crippen LogP contribution in [0.4, 0.5) is 11.8 Å². The molecule has 7 heteroatoms. The molecule has 0 amide bonds. The highest BCUT2D eigenvalue weighted by atomic mass is 15.3. The maximum Gasteiger partial charge on any atom is 0.227 e. The zero-order valence-electron chi connectivity index (χ0n) is 15.2. The number of anilines is 2. The van der Waals surface area contributed by atoms with Gasteiger partial charge in [-0.3, -0.25) is 9.58 Å². The molecule has 7 nitrogen and oxygen atoms in total. The quantitative estimate of drug-likeness (QED) is 0.839. The summed E-state index contributed by atoms with van der Waals surface area (Å²) in [5.41, 5.74) is 2.33. The molecule has 2 aliphatic heterocycles. The van der Waals surface area contributed by atoms with E-state index in [1.807, 2.05) is 17.9 Å². The van der Waals surface area contributed by atoms with Crippen molar-refractivity contribution in [3.05, 3.63) is 29.7 Å². The molecule has 2 saturated heterocycles. The Bertz CT molecular complexity index is 712. The lowest BCUT2D eigenvalue weighted by atomic mass is 10.2. The van der Waals surface area contributed by atoms with Crippen LogP contribution in [-0.4, -0.2) is 63.9 Å². The van der Waals surface area contributed by atoms with Gasteiger partial charge in [-0.25, -0.2) is 4.98 Å². The second kappa shape index (κ2) is 7.00. The van der Waals surface area contributed by atoms with Crippen LogP contribution in [0.15, 0.2) is 18.3 Å². The normalized spacial score (nSPS) is 19.0. The number of aryl methyl sites for hydroxylation is 2. The maximum atomic E-state index is 4.86. The van der Waals surface area contributed by atoms with Crippen molar-refractivity contribution in [3.63, 3.8) is 0 Å². The van der Waals surface area contributed by atoms with Gasteiger partial charge in [-0.1, -0.05) is 0 Å². The molecule has 25 heavy (non-hydrogen) atoms. The van der Waals surface area contributed by atoms with E-state index in [-0.39, 0.29) is 0 Å². The second-order valence-corrected chi connectivity index (χ2v) is 7.07. The van der Waals surface area contributed by atoms with Crippen LogP contribution in [0.2, 0.25) is 0 Å². The average Bonchev–Trinajstić information content (AvgIpc) is 3.28. The van der Waals surface area contributed by atoms with Crippen molar-refractivity contribution < 1.29 is 0 Å². The summed E-state index contributed by atoms with van der Waals surface area (Å²) in [6.45, 7) is 9.32. The Balaban J connectivity index is 1.41. The lowest BCUT2D eigenvalue weighted by Crippen LogP contribution is -2.46. The van der Waals surface area contributed by atoms with E-state index in [1.54, 1.807) is 0 Å². The van der Waals surface area contributed by atoms with E-state index in [9.17, 15) is 0 Å². The van der Waals surface area contributed by atoms with E-state index in [2.05, 4.69) is 43.8 Å². The van der Waals surface area contributed by atoms with E-state index in [0.29, 0.717) is 0 Å². The predicted molar refractivity (Wildman–Crippen MR) is 98.9 cm³/mol. The molecular weight excluding hydrogens is 314 g/mol. The van der Waals surface area contributed by atoms with Gasteiger partial charge in [0.05, 0.1) is 5.69 Å². The van der Waals surface area contributed by atoms with Gasteiger partial charge in [0.25, 0.3) is 0 Å².